The van der Waals surface area contributed by atoms with Crippen LogP contribution in [-0.4, -0.2) is 50.6 Å². The van der Waals surface area contributed by atoms with Crippen LogP contribution in [0.2, 0.25) is 0 Å². The van der Waals surface area contributed by atoms with Crippen LogP contribution in [0.1, 0.15) is 11.3 Å². The average molecular weight is 326 g/mol. The summed E-state index contributed by atoms with van der Waals surface area (Å²) in [5, 5.41) is 0. The van der Waals surface area contributed by atoms with Gasteiger partial charge in [0.25, 0.3) is 5.56 Å². The first kappa shape index (κ1) is 15.3. The molecular weight excluding hydrogens is 304 g/mol. The van der Waals surface area contributed by atoms with E-state index in [1.807, 2.05) is 6.20 Å². The molecule has 2 unspecified atom stereocenters. The van der Waals surface area contributed by atoms with Gasteiger partial charge in [-0.25, -0.2) is 9.97 Å². The van der Waals surface area contributed by atoms with E-state index in [2.05, 4.69) is 31.7 Å². The van der Waals surface area contributed by atoms with Gasteiger partial charge in [-0.1, -0.05) is 0 Å². The number of nitrogens with zero attached hydrogens (tertiary/aromatic N) is 6. The maximum Gasteiger partial charge on any atom is 0.273 e. The highest BCUT2D eigenvalue weighted by Gasteiger charge is 2.40. The Labute approximate surface area is 141 Å². The normalized spacial score (nSPS) is 23.7. The molecule has 0 aliphatic carbocycles. The molecule has 2 aromatic heterocycles. The molecule has 2 fully saturated rings. The Morgan fingerprint density at radius 2 is 1.92 bits per heavy atom. The van der Waals surface area contributed by atoms with Crippen LogP contribution >= 0.6 is 0 Å². The monoisotopic (exact) mass is 326 g/mol. The van der Waals surface area contributed by atoms with Gasteiger partial charge in [-0.05, 0) is 18.8 Å². The van der Waals surface area contributed by atoms with Gasteiger partial charge in [-0.2, -0.15) is 0 Å². The number of likely N-dealkylation sites (tertiary alicyclic amines) is 1. The summed E-state index contributed by atoms with van der Waals surface area (Å²) in [5.74, 6) is 2.32. The summed E-state index contributed by atoms with van der Waals surface area (Å²) >= 11 is 0. The zero-order valence-electron chi connectivity index (χ0n) is 14.1. The third kappa shape index (κ3) is 2.69. The van der Waals surface area contributed by atoms with Crippen molar-refractivity contribution < 1.29 is 0 Å². The molecule has 2 aromatic rings. The fraction of sp³-hybridized carbons (Fsp3) is 0.529. The third-order valence-corrected chi connectivity index (χ3v) is 5.19. The maximum absolute atomic E-state index is 12.1. The molecule has 4 heterocycles. The zero-order valence-corrected chi connectivity index (χ0v) is 14.1. The van der Waals surface area contributed by atoms with Gasteiger partial charge < -0.3 is 9.47 Å². The quantitative estimate of drug-likeness (QED) is 0.816. The zero-order chi connectivity index (χ0) is 16.7. The second kappa shape index (κ2) is 5.98. The predicted molar refractivity (Wildman–Crippen MR) is 90.7 cm³/mol. The van der Waals surface area contributed by atoms with Crippen molar-refractivity contribution >= 4 is 5.82 Å². The van der Waals surface area contributed by atoms with Crippen molar-refractivity contribution in [3.05, 3.63) is 46.5 Å². The lowest BCUT2D eigenvalue weighted by Crippen LogP contribution is -2.32. The van der Waals surface area contributed by atoms with Crippen molar-refractivity contribution in [2.75, 3.05) is 31.1 Å². The van der Waals surface area contributed by atoms with E-state index in [1.54, 1.807) is 30.3 Å². The van der Waals surface area contributed by atoms with E-state index in [1.165, 1.54) is 0 Å². The topological polar surface area (TPSA) is 67.2 Å². The number of rotatable bonds is 3. The first-order valence-electron chi connectivity index (χ1n) is 8.36. The van der Waals surface area contributed by atoms with Gasteiger partial charge in [0.1, 0.15) is 17.8 Å². The van der Waals surface area contributed by atoms with Crippen molar-refractivity contribution in [1.29, 1.82) is 0 Å². The van der Waals surface area contributed by atoms with Crippen LogP contribution in [0.4, 0.5) is 5.82 Å². The molecule has 0 amide bonds. The Morgan fingerprint density at radius 3 is 2.62 bits per heavy atom. The molecule has 2 aliphatic heterocycles. The predicted octanol–water partition coefficient (Wildman–Crippen LogP) is 0.447. The summed E-state index contributed by atoms with van der Waals surface area (Å²) < 4.78 is 1.60. The first-order valence-corrected chi connectivity index (χ1v) is 8.36. The van der Waals surface area contributed by atoms with Gasteiger partial charge in [0.15, 0.2) is 0 Å². The molecule has 4 rings (SSSR count). The van der Waals surface area contributed by atoms with E-state index in [4.69, 9.17) is 0 Å². The Morgan fingerprint density at radius 1 is 1.17 bits per heavy atom. The minimum atomic E-state index is 0.00722. The molecule has 2 aliphatic rings. The Hall–Kier alpha value is -2.28. The van der Waals surface area contributed by atoms with Crippen LogP contribution in [0.5, 0.6) is 0 Å². The molecule has 0 aromatic carbocycles. The summed E-state index contributed by atoms with van der Waals surface area (Å²) in [5.41, 5.74) is 1.78. The molecular formula is C17H22N6O. The lowest BCUT2D eigenvalue weighted by Gasteiger charge is -2.22. The largest absolute Gasteiger partial charge is 0.356 e. The molecule has 0 bridgehead atoms. The van der Waals surface area contributed by atoms with E-state index >= 15 is 0 Å². The molecule has 24 heavy (non-hydrogen) atoms. The highest BCUT2D eigenvalue weighted by molar-refractivity contribution is 5.46. The SMILES string of the molecule is Cc1cncnc1N1CC2CN(Cc3nccn(C)c3=O)CC2C1. The second-order valence-electron chi connectivity index (χ2n) is 6.94. The number of aromatic nitrogens is 4. The minimum Gasteiger partial charge on any atom is -0.356 e. The van der Waals surface area contributed by atoms with E-state index in [0.717, 1.165) is 37.6 Å². The van der Waals surface area contributed by atoms with Crippen LogP contribution < -0.4 is 10.5 Å². The number of hydrogen-bond acceptors (Lipinski definition) is 6. The molecule has 0 spiro atoms. The third-order valence-electron chi connectivity index (χ3n) is 5.19. The maximum atomic E-state index is 12.1. The van der Waals surface area contributed by atoms with E-state index in [-0.39, 0.29) is 5.56 Å². The number of anilines is 1. The molecule has 2 saturated heterocycles. The minimum absolute atomic E-state index is 0.00722. The molecule has 0 radical (unpaired) electrons. The summed E-state index contributed by atoms with van der Waals surface area (Å²) in [6, 6.07) is 0. The Balaban J connectivity index is 1.42. The van der Waals surface area contributed by atoms with Crippen LogP contribution in [-0.2, 0) is 13.6 Å². The van der Waals surface area contributed by atoms with Gasteiger partial charge in [0, 0.05) is 63.9 Å². The average Bonchev–Trinajstić information content (AvgIpc) is 3.10. The van der Waals surface area contributed by atoms with Crippen LogP contribution in [0, 0.1) is 18.8 Å². The van der Waals surface area contributed by atoms with Crippen molar-refractivity contribution in [3.8, 4) is 0 Å². The highest BCUT2D eigenvalue weighted by Crippen LogP contribution is 2.34. The summed E-state index contributed by atoms with van der Waals surface area (Å²) in [6.45, 7) is 6.80. The Bertz CT molecular complexity index is 790. The van der Waals surface area contributed by atoms with Gasteiger partial charge in [-0.15, -0.1) is 0 Å². The van der Waals surface area contributed by atoms with Crippen LogP contribution in [0.15, 0.2) is 29.7 Å². The number of aryl methyl sites for hydroxylation is 2. The van der Waals surface area contributed by atoms with Crippen LogP contribution in [0.25, 0.3) is 0 Å². The van der Waals surface area contributed by atoms with Crippen molar-refractivity contribution in [1.82, 2.24) is 24.4 Å². The Kier molecular flexibility index (Phi) is 3.80. The summed E-state index contributed by atoms with van der Waals surface area (Å²) in [4.78, 5) is 29.7. The summed E-state index contributed by atoms with van der Waals surface area (Å²) in [7, 11) is 1.77. The van der Waals surface area contributed by atoms with Crippen molar-refractivity contribution in [3.63, 3.8) is 0 Å². The fourth-order valence-electron chi connectivity index (χ4n) is 3.99. The van der Waals surface area contributed by atoms with Crippen molar-refractivity contribution in [2.45, 2.75) is 13.5 Å². The first-order chi connectivity index (χ1) is 11.6. The second-order valence-corrected chi connectivity index (χ2v) is 6.94. The fourth-order valence-corrected chi connectivity index (χ4v) is 3.99. The van der Waals surface area contributed by atoms with Gasteiger partial charge >= 0.3 is 0 Å². The molecule has 7 nitrogen and oxygen atoms in total. The summed E-state index contributed by atoms with van der Waals surface area (Å²) in [6.07, 6.45) is 6.90. The van der Waals surface area contributed by atoms with Gasteiger partial charge in [-0.3, -0.25) is 14.7 Å². The van der Waals surface area contributed by atoms with Crippen molar-refractivity contribution in [2.24, 2.45) is 18.9 Å². The van der Waals surface area contributed by atoms with Gasteiger partial charge in [0.05, 0.1) is 0 Å². The van der Waals surface area contributed by atoms with E-state index < -0.39 is 0 Å². The lowest BCUT2D eigenvalue weighted by atomic mass is 10.0. The number of hydrogen-bond donors (Lipinski definition) is 0. The molecule has 2 atom stereocenters. The lowest BCUT2D eigenvalue weighted by molar-refractivity contribution is 0.303. The van der Waals surface area contributed by atoms with E-state index in [9.17, 15) is 4.79 Å². The molecule has 0 saturated carbocycles. The standard InChI is InChI=1S/C17H22N6O/c1-12-5-18-11-20-16(12)23-8-13-6-22(7-14(13)9-23)10-15-17(24)21(2)4-3-19-15/h3-5,11,13-14H,6-10H2,1-2H3. The smallest absolute Gasteiger partial charge is 0.273 e. The molecule has 0 N–H and O–H groups in total. The highest BCUT2D eigenvalue weighted by atomic mass is 16.1. The van der Waals surface area contributed by atoms with Gasteiger partial charge in [0.2, 0.25) is 0 Å². The van der Waals surface area contributed by atoms with E-state index in [0.29, 0.717) is 24.1 Å². The number of fused-ring (bicyclic) bond motifs is 1. The molecule has 7 heteroatoms. The van der Waals surface area contributed by atoms with Crippen LogP contribution in [0.3, 0.4) is 0 Å². The molecule has 126 valence electrons.